The third kappa shape index (κ3) is 2.06. The minimum Gasteiger partial charge on any atom is -0.393 e. The summed E-state index contributed by atoms with van der Waals surface area (Å²) in [6.45, 7) is 5.69. The summed E-state index contributed by atoms with van der Waals surface area (Å²) in [6, 6.07) is 0. The molecule has 4 saturated carbocycles. The zero-order valence-corrected chi connectivity index (χ0v) is 15.6. The molecule has 4 aliphatic carbocycles. The molecule has 4 fully saturated rings. The van der Waals surface area contributed by atoms with Gasteiger partial charge in [-0.1, -0.05) is 13.8 Å². The average Bonchev–Trinajstić information content (AvgIpc) is 2.90. The molecule has 25 heavy (non-hydrogen) atoms. The molecule has 4 aliphatic rings. The van der Waals surface area contributed by atoms with Crippen molar-refractivity contribution in [3.8, 4) is 0 Å². The lowest BCUT2D eigenvalue weighted by Gasteiger charge is -2.59. The van der Waals surface area contributed by atoms with Gasteiger partial charge in [-0.15, -0.1) is 0 Å². The smallest absolute Gasteiger partial charge is 0.139 e. The van der Waals surface area contributed by atoms with Gasteiger partial charge in [0.25, 0.3) is 0 Å². The first-order valence-electron chi connectivity index (χ1n) is 9.96. The van der Waals surface area contributed by atoms with E-state index in [1.54, 1.807) is 6.92 Å². The Hall–Kier alpha value is -1.03. The van der Waals surface area contributed by atoms with Crippen molar-refractivity contribution in [2.75, 3.05) is 0 Å². The second kappa shape index (κ2) is 5.48. The lowest BCUT2D eigenvalue weighted by Crippen LogP contribution is -2.62. The van der Waals surface area contributed by atoms with Crippen LogP contribution in [0.2, 0.25) is 0 Å². The molecule has 4 nitrogen and oxygen atoms in total. The van der Waals surface area contributed by atoms with Crippen LogP contribution in [0.1, 0.15) is 65.7 Å². The minimum atomic E-state index is -0.603. The van der Waals surface area contributed by atoms with Gasteiger partial charge < -0.3 is 5.11 Å². The Balaban J connectivity index is 1.78. The second-order valence-electron chi connectivity index (χ2n) is 9.56. The van der Waals surface area contributed by atoms with Gasteiger partial charge in [0.2, 0.25) is 0 Å². The zero-order chi connectivity index (χ0) is 18.1. The number of aliphatic hydroxyl groups excluding tert-OH is 1. The molecule has 0 amide bonds. The quantitative estimate of drug-likeness (QED) is 0.792. The van der Waals surface area contributed by atoms with Gasteiger partial charge >= 0.3 is 0 Å². The van der Waals surface area contributed by atoms with Gasteiger partial charge in [0.15, 0.2) is 0 Å². The largest absolute Gasteiger partial charge is 0.393 e. The molecule has 138 valence electrons. The van der Waals surface area contributed by atoms with Crippen LogP contribution in [0.3, 0.4) is 0 Å². The number of hydrogen-bond donors (Lipinski definition) is 1. The zero-order valence-electron chi connectivity index (χ0n) is 15.6. The molecule has 4 heteroatoms. The summed E-state index contributed by atoms with van der Waals surface area (Å²) in [5, 5.41) is 11.1. The van der Waals surface area contributed by atoms with Crippen LogP contribution in [-0.4, -0.2) is 28.6 Å². The molecule has 0 bridgehead atoms. The number of rotatable bonds is 1. The van der Waals surface area contributed by atoms with E-state index in [0.29, 0.717) is 25.0 Å². The third-order valence-corrected chi connectivity index (χ3v) is 8.86. The third-order valence-electron chi connectivity index (χ3n) is 8.86. The standard InChI is InChI=1S/C21H30O4/c1-11(22)13-7-8-14-19-15(10-18(25)21(13,14)3)20(2)12(9-16(19)23)5-4-6-17(20)24/h12-15,18-19,25H,4-10H2,1-3H3/t12-,13+,14-,15-,18-,19+,20+,21-/m1/s1. The Bertz CT molecular complexity index is 640. The topological polar surface area (TPSA) is 71.4 Å². The number of carbonyl (C=O) groups excluding carboxylic acids is 3. The van der Waals surface area contributed by atoms with E-state index in [2.05, 4.69) is 6.92 Å². The fraction of sp³-hybridized carbons (Fsp3) is 0.857. The summed E-state index contributed by atoms with van der Waals surface area (Å²) in [6.07, 6.45) is 4.43. The van der Waals surface area contributed by atoms with Gasteiger partial charge in [-0.3, -0.25) is 14.4 Å². The van der Waals surface area contributed by atoms with Crippen molar-refractivity contribution in [1.29, 1.82) is 0 Å². The van der Waals surface area contributed by atoms with Gasteiger partial charge in [0.1, 0.15) is 17.3 Å². The number of aliphatic hydroxyl groups is 1. The highest BCUT2D eigenvalue weighted by atomic mass is 16.3. The Labute approximate surface area is 149 Å². The first kappa shape index (κ1) is 17.4. The van der Waals surface area contributed by atoms with E-state index in [4.69, 9.17) is 0 Å². The van der Waals surface area contributed by atoms with Crippen LogP contribution in [0.15, 0.2) is 0 Å². The molecule has 0 aromatic heterocycles. The summed E-state index contributed by atoms with van der Waals surface area (Å²) < 4.78 is 0. The van der Waals surface area contributed by atoms with Crippen LogP contribution in [0.25, 0.3) is 0 Å². The maximum Gasteiger partial charge on any atom is 0.139 e. The molecule has 0 spiro atoms. The minimum absolute atomic E-state index is 0.0372. The van der Waals surface area contributed by atoms with E-state index in [0.717, 1.165) is 25.7 Å². The van der Waals surface area contributed by atoms with Gasteiger partial charge in [-0.25, -0.2) is 0 Å². The summed E-state index contributed by atoms with van der Waals surface area (Å²) in [5.41, 5.74) is -0.975. The lowest BCUT2D eigenvalue weighted by molar-refractivity contribution is -0.180. The molecule has 0 unspecified atom stereocenters. The molecule has 0 aromatic rings. The predicted octanol–water partition coefficient (Wildman–Crippen LogP) is 2.95. The van der Waals surface area contributed by atoms with E-state index in [1.165, 1.54) is 0 Å². The van der Waals surface area contributed by atoms with Crippen LogP contribution in [0, 0.1) is 40.4 Å². The van der Waals surface area contributed by atoms with Crippen molar-refractivity contribution in [2.45, 2.75) is 71.8 Å². The number of hydrogen-bond acceptors (Lipinski definition) is 4. The number of Topliss-reactive ketones (excluding diaryl/α,β-unsaturated/α-hetero) is 3. The highest BCUT2D eigenvalue weighted by Gasteiger charge is 2.67. The Kier molecular flexibility index (Phi) is 3.81. The normalized spacial score (nSPS) is 52.3. The summed E-state index contributed by atoms with van der Waals surface area (Å²) in [5.74, 6) is 0.528. The van der Waals surface area contributed by atoms with Crippen molar-refractivity contribution >= 4 is 17.3 Å². The van der Waals surface area contributed by atoms with Crippen molar-refractivity contribution < 1.29 is 19.5 Å². The highest BCUT2D eigenvalue weighted by molar-refractivity contribution is 5.92. The fourth-order valence-corrected chi connectivity index (χ4v) is 7.41. The van der Waals surface area contributed by atoms with E-state index in [9.17, 15) is 19.5 Å². The monoisotopic (exact) mass is 346 g/mol. The summed E-state index contributed by atoms with van der Waals surface area (Å²) >= 11 is 0. The molecule has 0 radical (unpaired) electrons. The Morgan fingerprint density at radius 2 is 1.84 bits per heavy atom. The molecule has 0 aliphatic heterocycles. The van der Waals surface area contributed by atoms with Gasteiger partial charge in [-0.2, -0.15) is 0 Å². The Morgan fingerprint density at radius 3 is 2.52 bits per heavy atom. The number of ketones is 3. The maximum absolute atomic E-state index is 13.1. The first-order valence-corrected chi connectivity index (χ1v) is 9.96. The molecule has 8 atom stereocenters. The molecule has 0 aromatic carbocycles. The fourth-order valence-electron chi connectivity index (χ4n) is 7.41. The predicted molar refractivity (Wildman–Crippen MR) is 92.7 cm³/mol. The molecular formula is C21H30O4. The average molecular weight is 346 g/mol. The van der Waals surface area contributed by atoms with Crippen LogP contribution >= 0.6 is 0 Å². The van der Waals surface area contributed by atoms with Crippen molar-refractivity contribution in [1.82, 2.24) is 0 Å². The molecule has 0 heterocycles. The highest BCUT2D eigenvalue weighted by Crippen LogP contribution is 2.66. The molecule has 4 rings (SSSR count). The molecular weight excluding hydrogens is 316 g/mol. The van der Waals surface area contributed by atoms with Gasteiger partial charge in [0.05, 0.1) is 6.10 Å². The van der Waals surface area contributed by atoms with Gasteiger partial charge in [0, 0.05) is 35.5 Å². The summed E-state index contributed by atoms with van der Waals surface area (Å²) in [4.78, 5) is 38.2. The van der Waals surface area contributed by atoms with Crippen molar-refractivity contribution in [2.24, 2.45) is 40.4 Å². The maximum atomic E-state index is 13.1. The van der Waals surface area contributed by atoms with Gasteiger partial charge in [-0.05, 0) is 56.8 Å². The van der Waals surface area contributed by atoms with Crippen LogP contribution < -0.4 is 0 Å². The van der Waals surface area contributed by atoms with E-state index < -0.39 is 16.9 Å². The van der Waals surface area contributed by atoms with E-state index in [1.807, 2.05) is 6.92 Å². The van der Waals surface area contributed by atoms with Crippen LogP contribution in [0.5, 0.6) is 0 Å². The number of carbonyl (C=O) groups is 3. The Morgan fingerprint density at radius 1 is 1.12 bits per heavy atom. The number of fused-ring (bicyclic) bond motifs is 5. The SMILES string of the molecule is CC(=O)[C@@H]1CC[C@@H]2[C@@H]3C(=O)C[C@H]4CCCC(=O)[C@]4(C)[C@@H]3C[C@@H](O)[C@@]21C. The van der Waals surface area contributed by atoms with E-state index in [-0.39, 0.29) is 41.2 Å². The van der Waals surface area contributed by atoms with E-state index >= 15 is 0 Å². The molecule has 0 saturated heterocycles. The lowest BCUT2D eigenvalue weighted by atomic mass is 9.43. The molecule has 1 N–H and O–H groups in total. The second-order valence-corrected chi connectivity index (χ2v) is 9.56. The van der Waals surface area contributed by atoms with Crippen molar-refractivity contribution in [3.05, 3.63) is 0 Å². The first-order chi connectivity index (χ1) is 11.7. The summed E-state index contributed by atoms with van der Waals surface area (Å²) in [7, 11) is 0. The van der Waals surface area contributed by atoms with Crippen LogP contribution in [0.4, 0.5) is 0 Å². The van der Waals surface area contributed by atoms with Crippen molar-refractivity contribution in [3.63, 3.8) is 0 Å². The van der Waals surface area contributed by atoms with Crippen LogP contribution in [-0.2, 0) is 14.4 Å².